The first-order chi connectivity index (χ1) is 12.0. The molecule has 0 radical (unpaired) electrons. The lowest BCUT2D eigenvalue weighted by Crippen LogP contribution is -2.11. The van der Waals surface area contributed by atoms with Crippen LogP contribution in [-0.2, 0) is 11.3 Å². The van der Waals surface area contributed by atoms with E-state index in [0.717, 1.165) is 16.6 Å². The van der Waals surface area contributed by atoms with Crippen molar-refractivity contribution in [1.82, 2.24) is 4.57 Å². The third-order valence-electron chi connectivity index (χ3n) is 4.19. The standard InChI is InChI=1S/C20H18ClNO3/c1-13(23)6-5-11-22-18(14-7-3-2-4-8-14)17-12-15(21)9-10-16(17)19(22)20(24)25/h2-4,7-10,12H,5-6,11H2,1H3,(H,24,25). The fourth-order valence-corrected chi connectivity index (χ4v) is 3.34. The number of carboxylic acid groups (broad SMARTS) is 1. The van der Waals surface area contributed by atoms with Gasteiger partial charge in [0.15, 0.2) is 0 Å². The molecule has 0 aliphatic carbocycles. The quantitative estimate of drug-likeness (QED) is 0.674. The van der Waals surface area contributed by atoms with Gasteiger partial charge in [0.25, 0.3) is 0 Å². The fraction of sp³-hybridized carbons (Fsp3) is 0.200. The Morgan fingerprint density at radius 2 is 1.80 bits per heavy atom. The molecule has 1 N–H and O–H groups in total. The third kappa shape index (κ3) is 3.44. The van der Waals surface area contributed by atoms with Crippen molar-refractivity contribution < 1.29 is 14.7 Å². The first-order valence-corrected chi connectivity index (χ1v) is 8.46. The van der Waals surface area contributed by atoms with Gasteiger partial charge < -0.3 is 14.5 Å². The minimum Gasteiger partial charge on any atom is -0.477 e. The molecule has 0 amide bonds. The van der Waals surface area contributed by atoms with Gasteiger partial charge in [-0.1, -0.05) is 48.0 Å². The van der Waals surface area contributed by atoms with Gasteiger partial charge in [-0.3, -0.25) is 0 Å². The van der Waals surface area contributed by atoms with Crippen LogP contribution in [0, 0.1) is 0 Å². The van der Waals surface area contributed by atoms with Crippen LogP contribution in [0.15, 0.2) is 48.5 Å². The van der Waals surface area contributed by atoms with Gasteiger partial charge in [0.1, 0.15) is 11.5 Å². The zero-order valence-corrected chi connectivity index (χ0v) is 14.6. The molecule has 0 aliphatic rings. The third-order valence-corrected chi connectivity index (χ3v) is 4.43. The predicted octanol–water partition coefficient (Wildman–Crippen LogP) is 5.03. The largest absolute Gasteiger partial charge is 0.477 e. The molecule has 3 aromatic rings. The maximum absolute atomic E-state index is 11.9. The molecule has 128 valence electrons. The van der Waals surface area contributed by atoms with Crippen LogP contribution in [0.5, 0.6) is 0 Å². The number of benzene rings is 2. The van der Waals surface area contributed by atoms with Crippen LogP contribution >= 0.6 is 11.6 Å². The number of ketones is 1. The Hall–Kier alpha value is -2.59. The highest BCUT2D eigenvalue weighted by atomic mass is 35.5. The Morgan fingerprint density at radius 1 is 1.08 bits per heavy atom. The summed E-state index contributed by atoms with van der Waals surface area (Å²) in [5.74, 6) is -0.893. The van der Waals surface area contributed by atoms with E-state index >= 15 is 0 Å². The Bertz CT molecular complexity index is 944. The van der Waals surface area contributed by atoms with Gasteiger partial charge in [-0.05, 0) is 31.0 Å². The lowest BCUT2D eigenvalue weighted by Gasteiger charge is -2.12. The fourth-order valence-electron chi connectivity index (χ4n) is 3.17. The van der Waals surface area contributed by atoms with E-state index in [0.29, 0.717) is 29.8 Å². The van der Waals surface area contributed by atoms with Crippen molar-refractivity contribution in [2.45, 2.75) is 26.3 Å². The average molecular weight is 356 g/mol. The lowest BCUT2D eigenvalue weighted by atomic mass is 10.1. The Balaban J connectivity index is 2.27. The molecular weight excluding hydrogens is 338 g/mol. The molecule has 4 nitrogen and oxygen atoms in total. The first-order valence-electron chi connectivity index (χ1n) is 8.09. The number of Topliss-reactive ketones (excluding diaryl/α,β-unsaturated/α-hetero) is 1. The summed E-state index contributed by atoms with van der Waals surface area (Å²) < 4.78 is 1.79. The molecule has 0 spiro atoms. The molecule has 1 heterocycles. The molecule has 25 heavy (non-hydrogen) atoms. The van der Waals surface area contributed by atoms with E-state index in [4.69, 9.17) is 11.6 Å². The summed E-state index contributed by atoms with van der Waals surface area (Å²) in [5, 5.41) is 11.8. The van der Waals surface area contributed by atoms with E-state index < -0.39 is 5.97 Å². The summed E-state index contributed by atoms with van der Waals surface area (Å²) in [4.78, 5) is 23.2. The van der Waals surface area contributed by atoms with E-state index in [1.807, 2.05) is 30.3 Å². The monoisotopic (exact) mass is 355 g/mol. The van der Waals surface area contributed by atoms with Crippen LogP contribution < -0.4 is 0 Å². The molecule has 5 heteroatoms. The first kappa shape index (κ1) is 17.2. The molecule has 1 aromatic heterocycles. The van der Waals surface area contributed by atoms with Crippen molar-refractivity contribution in [2.24, 2.45) is 0 Å². The number of carbonyl (C=O) groups excluding carboxylic acids is 1. The molecule has 0 unspecified atom stereocenters. The topological polar surface area (TPSA) is 59.3 Å². The Labute approximate surface area is 150 Å². The number of nitrogens with zero attached hydrogens (tertiary/aromatic N) is 1. The summed E-state index contributed by atoms with van der Waals surface area (Å²) >= 11 is 6.16. The van der Waals surface area contributed by atoms with Gasteiger partial charge in [-0.15, -0.1) is 0 Å². The molecule has 0 aliphatic heterocycles. The van der Waals surface area contributed by atoms with E-state index in [9.17, 15) is 14.7 Å². The number of rotatable bonds is 6. The summed E-state index contributed by atoms with van der Waals surface area (Å²) in [6.07, 6.45) is 1.01. The number of hydrogen-bond donors (Lipinski definition) is 1. The van der Waals surface area contributed by atoms with Gasteiger partial charge in [-0.25, -0.2) is 4.79 Å². The van der Waals surface area contributed by atoms with Crippen LogP contribution in [0.2, 0.25) is 5.02 Å². The van der Waals surface area contributed by atoms with Crippen LogP contribution in [-0.4, -0.2) is 21.4 Å². The van der Waals surface area contributed by atoms with Crippen molar-refractivity contribution >= 4 is 34.1 Å². The SMILES string of the molecule is CC(=O)CCCn1c(C(=O)O)c2ccc(Cl)cc2c1-c1ccccc1. The summed E-state index contributed by atoms with van der Waals surface area (Å²) in [6, 6.07) is 14.9. The second-order valence-corrected chi connectivity index (χ2v) is 6.45. The summed E-state index contributed by atoms with van der Waals surface area (Å²) in [5.41, 5.74) is 1.97. The lowest BCUT2D eigenvalue weighted by molar-refractivity contribution is -0.117. The molecule has 3 rings (SSSR count). The number of hydrogen-bond acceptors (Lipinski definition) is 2. The second kappa shape index (κ2) is 7.11. The summed E-state index contributed by atoms with van der Waals surface area (Å²) in [6.45, 7) is 2.00. The number of fused-ring (bicyclic) bond motifs is 1. The molecule has 2 aromatic carbocycles. The van der Waals surface area contributed by atoms with Gasteiger partial charge in [0, 0.05) is 28.8 Å². The molecule has 0 saturated carbocycles. The molecular formula is C20H18ClNO3. The van der Waals surface area contributed by atoms with Crippen molar-refractivity contribution in [3.8, 4) is 11.3 Å². The smallest absolute Gasteiger partial charge is 0.353 e. The molecule has 0 fully saturated rings. The zero-order valence-electron chi connectivity index (χ0n) is 13.8. The van der Waals surface area contributed by atoms with Crippen molar-refractivity contribution in [3.05, 3.63) is 59.2 Å². The van der Waals surface area contributed by atoms with Crippen LogP contribution in [0.25, 0.3) is 22.0 Å². The molecule has 0 saturated heterocycles. The van der Waals surface area contributed by atoms with Crippen LogP contribution in [0.1, 0.15) is 30.3 Å². The minimum atomic E-state index is -0.989. The second-order valence-electron chi connectivity index (χ2n) is 6.02. The number of aromatic nitrogens is 1. The highest BCUT2D eigenvalue weighted by molar-refractivity contribution is 6.31. The zero-order chi connectivity index (χ0) is 18.0. The highest BCUT2D eigenvalue weighted by Crippen LogP contribution is 2.36. The van der Waals surface area contributed by atoms with E-state index in [1.165, 1.54) is 0 Å². The van der Waals surface area contributed by atoms with E-state index in [2.05, 4.69) is 0 Å². The van der Waals surface area contributed by atoms with Crippen LogP contribution in [0.4, 0.5) is 0 Å². The maximum Gasteiger partial charge on any atom is 0.353 e. The number of aromatic carboxylic acids is 1. The van der Waals surface area contributed by atoms with Crippen molar-refractivity contribution in [3.63, 3.8) is 0 Å². The number of carboxylic acids is 1. The van der Waals surface area contributed by atoms with Crippen molar-refractivity contribution in [1.29, 1.82) is 0 Å². The van der Waals surface area contributed by atoms with Gasteiger partial charge in [0.2, 0.25) is 0 Å². The van der Waals surface area contributed by atoms with Gasteiger partial charge >= 0.3 is 5.97 Å². The normalized spacial score (nSPS) is 11.0. The molecule has 0 bridgehead atoms. The predicted molar refractivity (Wildman–Crippen MR) is 99.3 cm³/mol. The van der Waals surface area contributed by atoms with Gasteiger partial charge in [-0.2, -0.15) is 0 Å². The molecule has 0 atom stereocenters. The van der Waals surface area contributed by atoms with Crippen molar-refractivity contribution in [2.75, 3.05) is 0 Å². The number of halogens is 1. The van der Waals surface area contributed by atoms with Crippen LogP contribution in [0.3, 0.4) is 0 Å². The average Bonchev–Trinajstić information content (AvgIpc) is 2.88. The van der Waals surface area contributed by atoms with Gasteiger partial charge in [0.05, 0.1) is 5.69 Å². The minimum absolute atomic E-state index is 0.0953. The summed E-state index contributed by atoms with van der Waals surface area (Å²) in [7, 11) is 0. The van der Waals surface area contributed by atoms with E-state index in [-0.39, 0.29) is 11.5 Å². The van der Waals surface area contributed by atoms with E-state index in [1.54, 1.807) is 29.7 Å². The highest BCUT2D eigenvalue weighted by Gasteiger charge is 2.22. The maximum atomic E-state index is 11.9. The Kier molecular flexibility index (Phi) is 4.91. The number of carbonyl (C=O) groups is 2. The Morgan fingerprint density at radius 3 is 2.44 bits per heavy atom.